The van der Waals surface area contributed by atoms with Crippen LogP contribution in [0.15, 0.2) is 0 Å². The van der Waals surface area contributed by atoms with Crippen LogP contribution in [0.5, 0.6) is 0 Å². The molecule has 2 aliphatic heterocycles. The van der Waals surface area contributed by atoms with E-state index in [0.717, 1.165) is 44.7 Å². The summed E-state index contributed by atoms with van der Waals surface area (Å²) in [4.78, 5) is 17.0. The van der Waals surface area contributed by atoms with Gasteiger partial charge >= 0.3 is 0 Å². The summed E-state index contributed by atoms with van der Waals surface area (Å²) in [5, 5.41) is 0. The van der Waals surface area contributed by atoms with E-state index in [9.17, 15) is 4.79 Å². The Hall–Kier alpha value is -0.610. The maximum atomic E-state index is 12.5. The summed E-state index contributed by atoms with van der Waals surface area (Å²) in [7, 11) is 0. The highest BCUT2D eigenvalue weighted by molar-refractivity contribution is 5.85. The molecule has 2 aliphatic rings. The lowest BCUT2D eigenvalue weighted by molar-refractivity contribution is -0.138. The number of rotatable bonds is 5. The van der Waals surface area contributed by atoms with Gasteiger partial charge in [0.25, 0.3) is 0 Å². The maximum absolute atomic E-state index is 12.5. The number of nitrogens with zero attached hydrogens (tertiary/aromatic N) is 2. The highest BCUT2D eigenvalue weighted by atomic mass is 16.2. The van der Waals surface area contributed by atoms with Crippen molar-refractivity contribution in [3.63, 3.8) is 0 Å². The zero-order valence-electron chi connectivity index (χ0n) is 13.2. The van der Waals surface area contributed by atoms with Gasteiger partial charge in [-0.3, -0.25) is 4.79 Å². The van der Waals surface area contributed by atoms with E-state index in [1.165, 1.54) is 32.5 Å². The predicted octanol–water partition coefficient (Wildman–Crippen LogP) is 1.84. The summed E-state index contributed by atoms with van der Waals surface area (Å²) in [6.07, 6.45) is 6.75. The van der Waals surface area contributed by atoms with E-state index in [1.807, 2.05) is 11.8 Å². The van der Waals surface area contributed by atoms with Crippen LogP contribution in [0.2, 0.25) is 0 Å². The number of nitrogens with two attached hydrogens (primary N) is 1. The van der Waals surface area contributed by atoms with Crippen LogP contribution in [0.4, 0.5) is 0 Å². The molecule has 0 aromatic carbocycles. The summed E-state index contributed by atoms with van der Waals surface area (Å²) in [5.74, 6) is 0.923. The SMILES string of the molecule is CCCC(C)(N)C(=O)N1CCC(CN2CCCC2)CC1. The normalized spacial score (nSPS) is 24.9. The van der Waals surface area contributed by atoms with Crippen molar-refractivity contribution in [3.05, 3.63) is 0 Å². The Labute approximate surface area is 123 Å². The molecular formula is C16H31N3O. The Morgan fingerprint density at radius 2 is 1.80 bits per heavy atom. The molecule has 0 bridgehead atoms. The molecule has 1 amide bonds. The molecule has 20 heavy (non-hydrogen) atoms. The molecule has 2 N–H and O–H groups in total. The monoisotopic (exact) mass is 281 g/mol. The lowest BCUT2D eigenvalue weighted by Gasteiger charge is -2.37. The van der Waals surface area contributed by atoms with Gasteiger partial charge in [0.05, 0.1) is 5.54 Å². The van der Waals surface area contributed by atoms with E-state index in [2.05, 4.69) is 11.8 Å². The van der Waals surface area contributed by atoms with Crippen LogP contribution in [0, 0.1) is 5.92 Å². The van der Waals surface area contributed by atoms with Gasteiger partial charge in [-0.2, -0.15) is 0 Å². The molecule has 116 valence electrons. The highest BCUT2D eigenvalue weighted by Gasteiger charge is 2.34. The summed E-state index contributed by atoms with van der Waals surface area (Å²) >= 11 is 0. The van der Waals surface area contributed by atoms with Crippen molar-refractivity contribution in [1.82, 2.24) is 9.80 Å². The van der Waals surface area contributed by atoms with Crippen LogP contribution in [-0.2, 0) is 4.79 Å². The molecule has 2 fully saturated rings. The van der Waals surface area contributed by atoms with Crippen molar-refractivity contribution in [2.45, 2.75) is 57.9 Å². The van der Waals surface area contributed by atoms with E-state index in [0.29, 0.717) is 0 Å². The fraction of sp³-hybridized carbons (Fsp3) is 0.938. The number of hydrogen-bond acceptors (Lipinski definition) is 3. The minimum absolute atomic E-state index is 0.152. The van der Waals surface area contributed by atoms with Gasteiger partial charge in [0, 0.05) is 19.6 Å². The number of carbonyl (C=O) groups is 1. The first-order valence-electron chi connectivity index (χ1n) is 8.33. The molecule has 0 aliphatic carbocycles. The van der Waals surface area contributed by atoms with E-state index >= 15 is 0 Å². The minimum Gasteiger partial charge on any atom is -0.341 e. The van der Waals surface area contributed by atoms with Crippen molar-refractivity contribution in [1.29, 1.82) is 0 Å². The van der Waals surface area contributed by atoms with Gasteiger partial charge in [0.15, 0.2) is 0 Å². The third-order valence-electron chi connectivity index (χ3n) is 4.87. The first-order valence-corrected chi connectivity index (χ1v) is 8.33. The Bertz CT molecular complexity index is 316. The molecule has 2 saturated heterocycles. The van der Waals surface area contributed by atoms with Crippen molar-refractivity contribution in [2.24, 2.45) is 11.7 Å². The smallest absolute Gasteiger partial charge is 0.242 e. The summed E-state index contributed by atoms with van der Waals surface area (Å²) in [6, 6.07) is 0. The van der Waals surface area contributed by atoms with Crippen molar-refractivity contribution in [2.75, 3.05) is 32.7 Å². The molecule has 0 radical (unpaired) electrons. The van der Waals surface area contributed by atoms with Gasteiger partial charge in [-0.05, 0) is 58.0 Å². The second-order valence-electron chi connectivity index (χ2n) is 6.91. The molecule has 0 spiro atoms. The van der Waals surface area contributed by atoms with E-state index in [1.54, 1.807) is 0 Å². The van der Waals surface area contributed by atoms with Crippen molar-refractivity contribution in [3.8, 4) is 0 Å². The molecule has 0 saturated carbocycles. The molecule has 0 aromatic heterocycles. The molecular weight excluding hydrogens is 250 g/mol. The summed E-state index contributed by atoms with van der Waals surface area (Å²) in [6.45, 7) is 9.54. The average molecular weight is 281 g/mol. The number of piperidine rings is 1. The molecule has 1 unspecified atom stereocenters. The number of hydrogen-bond donors (Lipinski definition) is 1. The topological polar surface area (TPSA) is 49.6 Å². The van der Waals surface area contributed by atoms with Crippen molar-refractivity contribution >= 4 is 5.91 Å². The van der Waals surface area contributed by atoms with Gasteiger partial charge in [-0.25, -0.2) is 0 Å². The summed E-state index contributed by atoms with van der Waals surface area (Å²) < 4.78 is 0. The molecule has 4 nitrogen and oxygen atoms in total. The third kappa shape index (κ3) is 3.95. The average Bonchev–Trinajstić information content (AvgIpc) is 2.91. The fourth-order valence-electron chi connectivity index (χ4n) is 3.64. The Morgan fingerprint density at radius 3 is 2.35 bits per heavy atom. The molecule has 2 heterocycles. The standard InChI is InChI=1S/C16H31N3O/c1-3-8-16(2,17)15(20)19-11-6-14(7-12-19)13-18-9-4-5-10-18/h14H,3-13,17H2,1-2H3. The Kier molecular flexibility index (Phi) is 5.44. The highest BCUT2D eigenvalue weighted by Crippen LogP contribution is 2.23. The van der Waals surface area contributed by atoms with Crippen LogP contribution in [-0.4, -0.2) is 54.0 Å². The van der Waals surface area contributed by atoms with E-state index in [-0.39, 0.29) is 5.91 Å². The molecule has 2 rings (SSSR count). The molecule has 0 aromatic rings. The van der Waals surface area contributed by atoms with E-state index < -0.39 is 5.54 Å². The first kappa shape index (κ1) is 15.8. The van der Waals surface area contributed by atoms with E-state index in [4.69, 9.17) is 5.73 Å². The second kappa shape index (κ2) is 6.90. The van der Waals surface area contributed by atoms with Crippen LogP contribution < -0.4 is 5.73 Å². The zero-order chi connectivity index (χ0) is 14.6. The van der Waals surface area contributed by atoms with Crippen LogP contribution in [0.3, 0.4) is 0 Å². The number of amides is 1. The Morgan fingerprint density at radius 1 is 1.20 bits per heavy atom. The Balaban J connectivity index is 1.77. The van der Waals surface area contributed by atoms with Crippen LogP contribution >= 0.6 is 0 Å². The molecule has 1 atom stereocenters. The predicted molar refractivity (Wildman–Crippen MR) is 82.5 cm³/mol. The van der Waals surface area contributed by atoms with Crippen LogP contribution in [0.25, 0.3) is 0 Å². The lowest BCUT2D eigenvalue weighted by atomic mass is 9.91. The van der Waals surface area contributed by atoms with Gasteiger partial charge in [0.2, 0.25) is 5.91 Å². The summed E-state index contributed by atoms with van der Waals surface area (Å²) in [5.41, 5.74) is 5.50. The number of likely N-dealkylation sites (tertiary alicyclic amines) is 2. The lowest BCUT2D eigenvalue weighted by Crippen LogP contribution is -2.55. The number of carbonyl (C=O) groups excluding carboxylic acids is 1. The fourth-order valence-corrected chi connectivity index (χ4v) is 3.64. The second-order valence-corrected chi connectivity index (χ2v) is 6.91. The van der Waals surface area contributed by atoms with Gasteiger partial charge < -0.3 is 15.5 Å². The van der Waals surface area contributed by atoms with Crippen molar-refractivity contribution < 1.29 is 4.79 Å². The van der Waals surface area contributed by atoms with Gasteiger partial charge in [-0.15, -0.1) is 0 Å². The molecule has 4 heteroatoms. The minimum atomic E-state index is -0.670. The zero-order valence-corrected chi connectivity index (χ0v) is 13.2. The van der Waals surface area contributed by atoms with Gasteiger partial charge in [-0.1, -0.05) is 13.3 Å². The van der Waals surface area contributed by atoms with Gasteiger partial charge in [0.1, 0.15) is 0 Å². The largest absolute Gasteiger partial charge is 0.341 e. The quantitative estimate of drug-likeness (QED) is 0.836. The van der Waals surface area contributed by atoms with Crippen LogP contribution in [0.1, 0.15) is 52.4 Å². The first-order chi connectivity index (χ1) is 9.53. The maximum Gasteiger partial charge on any atom is 0.242 e. The third-order valence-corrected chi connectivity index (χ3v) is 4.87.